The Morgan fingerprint density at radius 1 is 1.06 bits per heavy atom. The highest BCUT2D eigenvalue weighted by Crippen LogP contribution is 2.25. The third-order valence-corrected chi connectivity index (χ3v) is 6.88. The molecule has 1 saturated heterocycles. The van der Waals surface area contributed by atoms with E-state index in [0.717, 1.165) is 71.6 Å². The Bertz CT molecular complexity index is 1450. The molecule has 35 heavy (non-hydrogen) atoms. The number of para-hydroxylation sites is 1. The SMILES string of the molecule is Cc1cc(NC(=O)c2nn(CC3CNC3)c3ccccc23)ccc1C1=NNCCc2ccccc21. The summed E-state index contributed by atoms with van der Waals surface area (Å²) in [6.45, 7) is 5.66. The molecule has 3 N–H and O–H groups in total. The number of benzene rings is 3. The Hall–Kier alpha value is -3.97. The summed E-state index contributed by atoms with van der Waals surface area (Å²) < 4.78 is 1.97. The maximum Gasteiger partial charge on any atom is 0.276 e. The molecular weight excluding hydrogens is 436 g/mol. The lowest BCUT2D eigenvalue weighted by Gasteiger charge is -2.27. The Labute approximate surface area is 204 Å². The van der Waals surface area contributed by atoms with Crippen molar-refractivity contribution >= 4 is 28.2 Å². The molecule has 7 heteroatoms. The van der Waals surface area contributed by atoms with Gasteiger partial charge in [0.25, 0.3) is 5.91 Å². The van der Waals surface area contributed by atoms with E-state index < -0.39 is 0 Å². The van der Waals surface area contributed by atoms with E-state index in [-0.39, 0.29) is 5.91 Å². The molecule has 0 spiro atoms. The minimum atomic E-state index is -0.197. The van der Waals surface area contributed by atoms with Crippen LogP contribution in [0.4, 0.5) is 5.69 Å². The zero-order valence-corrected chi connectivity index (χ0v) is 19.7. The molecule has 3 heterocycles. The van der Waals surface area contributed by atoms with Crippen molar-refractivity contribution in [1.29, 1.82) is 0 Å². The third kappa shape index (κ3) is 4.08. The van der Waals surface area contributed by atoms with Gasteiger partial charge in [0.15, 0.2) is 5.69 Å². The van der Waals surface area contributed by atoms with Crippen molar-refractivity contribution in [3.8, 4) is 0 Å². The van der Waals surface area contributed by atoms with Crippen LogP contribution in [0.25, 0.3) is 10.9 Å². The average Bonchev–Trinajstić information content (AvgIpc) is 3.07. The molecule has 0 aliphatic carbocycles. The van der Waals surface area contributed by atoms with Crippen molar-refractivity contribution in [3.05, 3.63) is 94.7 Å². The maximum atomic E-state index is 13.3. The second kappa shape index (κ2) is 9.00. The number of hydrogen-bond donors (Lipinski definition) is 3. The number of rotatable bonds is 5. The first-order valence-electron chi connectivity index (χ1n) is 12.1. The minimum absolute atomic E-state index is 0.197. The predicted octanol–water partition coefficient (Wildman–Crippen LogP) is 3.71. The highest BCUT2D eigenvalue weighted by Gasteiger charge is 2.22. The summed E-state index contributed by atoms with van der Waals surface area (Å²) in [5.41, 5.74) is 10.8. The van der Waals surface area contributed by atoms with E-state index in [2.05, 4.69) is 52.3 Å². The van der Waals surface area contributed by atoms with Crippen LogP contribution in [-0.2, 0) is 13.0 Å². The zero-order valence-electron chi connectivity index (χ0n) is 19.7. The van der Waals surface area contributed by atoms with E-state index in [9.17, 15) is 4.79 Å². The average molecular weight is 465 g/mol. The van der Waals surface area contributed by atoms with E-state index in [1.807, 2.05) is 47.1 Å². The molecule has 1 aromatic heterocycles. The predicted molar refractivity (Wildman–Crippen MR) is 139 cm³/mol. The first kappa shape index (κ1) is 21.6. The minimum Gasteiger partial charge on any atom is -0.321 e. The summed E-state index contributed by atoms with van der Waals surface area (Å²) >= 11 is 0. The van der Waals surface area contributed by atoms with Gasteiger partial charge in [0.05, 0.1) is 11.2 Å². The van der Waals surface area contributed by atoms with Crippen molar-refractivity contribution in [3.63, 3.8) is 0 Å². The Balaban J connectivity index is 1.28. The van der Waals surface area contributed by atoms with Crippen molar-refractivity contribution < 1.29 is 4.79 Å². The molecule has 0 saturated carbocycles. The number of aryl methyl sites for hydroxylation is 1. The zero-order chi connectivity index (χ0) is 23.8. The van der Waals surface area contributed by atoms with E-state index in [0.29, 0.717) is 11.6 Å². The van der Waals surface area contributed by atoms with Crippen molar-refractivity contribution in [1.82, 2.24) is 20.5 Å². The highest BCUT2D eigenvalue weighted by molar-refractivity contribution is 6.15. The van der Waals surface area contributed by atoms with E-state index >= 15 is 0 Å². The van der Waals surface area contributed by atoms with Gasteiger partial charge in [-0.2, -0.15) is 10.2 Å². The van der Waals surface area contributed by atoms with Crippen LogP contribution in [0.1, 0.15) is 32.7 Å². The highest BCUT2D eigenvalue weighted by atomic mass is 16.2. The topological polar surface area (TPSA) is 83.3 Å². The molecule has 0 unspecified atom stereocenters. The van der Waals surface area contributed by atoms with Gasteiger partial charge < -0.3 is 16.1 Å². The van der Waals surface area contributed by atoms with Crippen LogP contribution < -0.4 is 16.1 Å². The molecule has 0 radical (unpaired) electrons. The van der Waals surface area contributed by atoms with Crippen molar-refractivity contribution in [2.24, 2.45) is 11.0 Å². The lowest BCUT2D eigenvalue weighted by molar-refractivity contribution is 0.102. The van der Waals surface area contributed by atoms with Crippen LogP contribution in [0.5, 0.6) is 0 Å². The van der Waals surface area contributed by atoms with Gasteiger partial charge in [-0.3, -0.25) is 9.48 Å². The first-order chi connectivity index (χ1) is 17.2. The second-order valence-corrected chi connectivity index (χ2v) is 9.33. The fourth-order valence-corrected chi connectivity index (χ4v) is 4.91. The lowest BCUT2D eigenvalue weighted by atomic mass is 9.93. The van der Waals surface area contributed by atoms with Crippen molar-refractivity contribution in [2.45, 2.75) is 19.9 Å². The van der Waals surface area contributed by atoms with Crippen LogP contribution >= 0.6 is 0 Å². The summed E-state index contributed by atoms with van der Waals surface area (Å²) in [5.74, 6) is 0.355. The normalized spacial score (nSPS) is 15.5. The number of hydrazone groups is 1. The van der Waals surface area contributed by atoms with Gasteiger partial charge >= 0.3 is 0 Å². The van der Waals surface area contributed by atoms with Gasteiger partial charge in [0, 0.05) is 54.3 Å². The quantitative estimate of drug-likeness (QED) is 0.420. The summed E-state index contributed by atoms with van der Waals surface area (Å²) in [7, 11) is 0. The molecule has 1 amide bonds. The second-order valence-electron chi connectivity index (χ2n) is 9.33. The summed E-state index contributed by atoms with van der Waals surface area (Å²) in [4.78, 5) is 13.3. The van der Waals surface area contributed by atoms with Crippen LogP contribution in [0.2, 0.25) is 0 Å². The number of carbonyl (C=O) groups excluding carboxylic acids is 1. The molecule has 0 bridgehead atoms. The number of nitrogens with one attached hydrogen (secondary N) is 3. The van der Waals surface area contributed by atoms with Gasteiger partial charge in [-0.05, 0) is 42.7 Å². The number of carbonyl (C=O) groups is 1. The standard InChI is InChI=1S/C28H28N6O/c1-18-14-21(10-11-22(18)26-23-7-3-2-6-20(23)12-13-30-32-26)31-28(35)27-24-8-4-5-9-25(24)34(33-27)17-19-15-29-16-19/h2-11,14,19,29-30H,12-13,15-17H2,1H3,(H,31,35). The monoisotopic (exact) mass is 464 g/mol. The van der Waals surface area contributed by atoms with E-state index in [1.165, 1.54) is 5.56 Å². The van der Waals surface area contributed by atoms with E-state index in [4.69, 9.17) is 5.10 Å². The first-order valence-corrected chi connectivity index (χ1v) is 12.1. The Morgan fingerprint density at radius 3 is 2.71 bits per heavy atom. The molecule has 176 valence electrons. The van der Waals surface area contributed by atoms with Crippen LogP contribution in [0.15, 0.2) is 71.8 Å². The van der Waals surface area contributed by atoms with Gasteiger partial charge in [-0.25, -0.2) is 0 Å². The number of nitrogens with zero attached hydrogens (tertiary/aromatic N) is 3. The van der Waals surface area contributed by atoms with Gasteiger partial charge in [0.2, 0.25) is 0 Å². The van der Waals surface area contributed by atoms with Gasteiger partial charge in [0.1, 0.15) is 0 Å². The molecule has 6 rings (SSSR count). The fourth-order valence-electron chi connectivity index (χ4n) is 4.91. The number of anilines is 1. The molecule has 7 nitrogen and oxygen atoms in total. The molecule has 2 aliphatic rings. The molecule has 3 aromatic carbocycles. The number of aromatic nitrogens is 2. The summed E-state index contributed by atoms with van der Waals surface area (Å²) in [5, 5.41) is 16.6. The van der Waals surface area contributed by atoms with Crippen LogP contribution in [0, 0.1) is 12.8 Å². The lowest BCUT2D eigenvalue weighted by Crippen LogP contribution is -2.44. The Morgan fingerprint density at radius 2 is 1.89 bits per heavy atom. The van der Waals surface area contributed by atoms with Gasteiger partial charge in [-0.15, -0.1) is 0 Å². The number of hydrogen-bond acceptors (Lipinski definition) is 5. The number of fused-ring (bicyclic) bond motifs is 2. The Kier molecular flexibility index (Phi) is 5.54. The van der Waals surface area contributed by atoms with Gasteiger partial charge in [-0.1, -0.05) is 48.5 Å². The molecule has 0 atom stereocenters. The molecule has 2 aliphatic heterocycles. The largest absolute Gasteiger partial charge is 0.321 e. The third-order valence-electron chi connectivity index (χ3n) is 6.88. The fraction of sp³-hybridized carbons (Fsp3) is 0.250. The smallest absolute Gasteiger partial charge is 0.276 e. The summed E-state index contributed by atoms with van der Waals surface area (Å²) in [6.07, 6.45) is 0.939. The number of amides is 1. The van der Waals surface area contributed by atoms with Crippen molar-refractivity contribution in [2.75, 3.05) is 25.0 Å². The molecular formula is C28H28N6O. The maximum absolute atomic E-state index is 13.3. The van der Waals surface area contributed by atoms with Crippen LogP contribution in [-0.4, -0.2) is 41.0 Å². The summed E-state index contributed by atoms with van der Waals surface area (Å²) in [6, 6.07) is 22.3. The van der Waals surface area contributed by atoms with E-state index in [1.54, 1.807) is 0 Å². The molecule has 4 aromatic rings. The van der Waals surface area contributed by atoms with Crippen LogP contribution in [0.3, 0.4) is 0 Å². The molecule has 1 fully saturated rings.